The van der Waals surface area contributed by atoms with E-state index in [1.807, 2.05) is 6.07 Å². The lowest BCUT2D eigenvalue weighted by atomic mass is 10.2. The molecule has 0 aliphatic rings. The molecule has 1 aromatic heterocycles. The zero-order valence-corrected chi connectivity index (χ0v) is 8.08. The lowest BCUT2D eigenvalue weighted by Crippen LogP contribution is -1.91. The molecule has 2 nitrogen and oxygen atoms in total. The Kier molecular flexibility index (Phi) is 3.16. The average Bonchev–Trinajstić information content (AvgIpc) is 2.03. The summed E-state index contributed by atoms with van der Waals surface area (Å²) in [5.74, 6) is 0.199. The first-order chi connectivity index (χ1) is 5.69. The molecule has 0 aromatic carbocycles. The van der Waals surface area contributed by atoms with Gasteiger partial charge in [0.2, 0.25) is 0 Å². The van der Waals surface area contributed by atoms with Gasteiger partial charge in [0, 0.05) is 5.88 Å². The van der Waals surface area contributed by atoms with E-state index >= 15 is 0 Å². The molecule has 62 valence electrons. The van der Waals surface area contributed by atoms with Crippen LogP contribution in [0.25, 0.3) is 0 Å². The Morgan fingerprint density at radius 1 is 1.50 bits per heavy atom. The Morgan fingerprint density at radius 3 is 2.67 bits per heavy atom. The summed E-state index contributed by atoms with van der Waals surface area (Å²) in [6.07, 6.45) is 0. The van der Waals surface area contributed by atoms with Crippen molar-refractivity contribution in [1.82, 2.24) is 4.98 Å². The van der Waals surface area contributed by atoms with Crippen molar-refractivity contribution in [1.29, 1.82) is 5.26 Å². The van der Waals surface area contributed by atoms with Crippen molar-refractivity contribution in [3.05, 3.63) is 27.5 Å². The molecule has 0 saturated carbocycles. The van der Waals surface area contributed by atoms with Crippen LogP contribution in [0.5, 0.6) is 0 Å². The minimum absolute atomic E-state index is 0.0978. The lowest BCUT2D eigenvalue weighted by Gasteiger charge is -2.00. The Hall–Kier alpha value is -0.490. The molecule has 12 heavy (non-hydrogen) atoms. The van der Waals surface area contributed by atoms with E-state index in [1.54, 1.807) is 0 Å². The minimum atomic E-state index is 0.0978. The first-order valence-electron chi connectivity index (χ1n) is 3.00. The van der Waals surface area contributed by atoms with Crippen LogP contribution in [0, 0.1) is 11.3 Å². The third-order valence-corrected chi connectivity index (χ3v) is 2.04. The van der Waals surface area contributed by atoms with Crippen molar-refractivity contribution >= 4 is 34.8 Å². The van der Waals surface area contributed by atoms with E-state index in [1.165, 1.54) is 6.07 Å². The highest BCUT2D eigenvalue weighted by molar-refractivity contribution is 6.33. The molecule has 0 saturated heterocycles. The molecule has 0 bridgehead atoms. The number of halogens is 3. The average molecular weight is 221 g/mol. The van der Waals surface area contributed by atoms with Gasteiger partial charge in [-0.15, -0.1) is 11.6 Å². The van der Waals surface area contributed by atoms with Crippen molar-refractivity contribution < 1.29 is 0 Å². The van der Waals surface area contributed by atoms with Gasteiger partial charge in [0.15, 0.2) is 0 Å². The summed E-state index contributed by atoms with van der Waals surface area (Å²) in [4.78, 5) is 3.70. The fourth-order valence-electron chi connectivity index (χ4n) is 0.754. The van der Waals surface area contributed by atoms with Crippen molar-refractivity contribution in [2.24, 2.45) is 0 Å². The van der Waals surface area contributed by atoms with Crippen molar-refractivity contribution in [2.75, 3.05) is 0 Å². The molecule has 0 N–H and O–H groups in total. The highest BCUT2D eigenvalue weighted by Gasteiger charge is 2.08. The second-order valence-corrected chi connectivity index (χ2v) is 3.03. The van der Waals surface area contributed by atoms with Crippen LogP contribution >= 0.6 is 34.8 Å². The predicted molar refractivity (Wildman–Crippen MR) is 48.5 cm³/mol. The lowest BCUT2D eigenvalue weighted by molar-refractivity contribution is 1.24. The van der Waals surface area contributed by atoms with Gasteiger partial charge >= 0.3 is 0 Å². The smallest absolute Gasteiger partial charge is 0.148 e. The zero-order chi connectivity index (χ0) is 9.14. The molecular formula is C7H3Cl3N2. The van der Waals surface area contributed by atoms with E-state index in [9.17, 15) is 0 Å². The number of aromatic nitrogens is 1. The standard InChI is InChI=1S/C7H3Cl3N2/c8-2-4-1-6(9)12-7(10)5(4)3-11/h1H,2H2. The summed E-state index contributed by atoms with van der Waals surface area (Å²) in [6.45, 7) is 0. The quantitative estimate of drug-likeness (QED) is 0.540. The number of hydrogen-bond acceptors (Lipinski definition) is 2. The molecule has 0 atom stereocenters. The van der Waals surface area contributed by atoms with Crippen LogP contribution < -0.4 is 0 Å². The molecule has 0 aliphatic carbocycles. The van der Waals surface area contributed by atoms with Gasteiger partial charge in [-0.3, -0.25) is 0 Å². The Bertz CT molecular complexity index is 343. The summed E-state index contributed by atoms with van der Waals surface area (Å²) in [7, 11) is 0. The largest absolute Gasteiger partial charge is 0.223 e. The molecule has 0 spiro atoms. The van der Waals surface area contributed by atoms with Gasteiger partial charge in [-0.25, -0.2) is 4.98 Å². The summed E-state index contributed by atoms with van der Waals surface area (Å²) in [5, 5.41) is 8.99. The summed E-state index contributed by atoms with van der Waals surface area (Å²) < 4.78 is 0. The van der Waals surface area contributed by atoms with E-state index < -0.39 is 0 Å². The fraction of sp³-hybridized carbons (Fsp3) is 0.143. The normalized spacial score (nSPS) is 9.50. The van der Waals surface area contributed by atoms with Crippen LogP contribution in [0.1, 0.15) is 11.1 Å². The maximum absolute atomic E-state index is 8.65. The summed E-state index contributed by atoms with van der Waals surface area (Å²) in [6, 6.07) is 3.43. The van der Waals surface area contributed by atoms with Crippen molar-refractivity contribution in [3.8, 4) is 6.07 Å². The third kappa shape index (κ3) is 1.81. The summed E-state index contributed by atoms with van der Waals surface area (Å²) >= 11 is 16.8. The molecule has 1 heterocycles. The molecule has 1 aromatic rings. The van der Waals surface area contributed by atoms with Crippen molar-refractivity contribution in [2.45, 2.75) is 5.88 Å². The van der Waals surface area contributed by atoms with Crippen LogP contribution in [0.3, 0.4) is 0 Å². The Balaban J connectivity index is 3.36. The second kappa shape index (κ2) is 3.95. The van der Waals surface area contributed by atoms with Crippen LogP contribution in [0.15, 0.2) is 6.07 Å². The van der Waals surface area contributed by atoms with Gasteiger partial charge in [0.25, 0.3) is 0 Å². The molecular weight excluding hydrogens is 218 g/mol. The van der Waals surface area contributed by atoms with Gasteiger partial charge in [-0.2, -0.15) is 5.26 Å². The van der Waals surface area contributed by atoms with Gasteiger partial charge in [0.1, 0.15) is 16.4 Å². The molecule has 1 rings (SSSR count). The van der Waals surface area contributed by atoms with E-state index in [-0.39, 0.29) is 21.7 Å². The highest BCUT2D eigenvalue weighted by atomic mass is 35.5. The summed E-state index contributed by atoms with van der Waals surface area (Å²) in [5.41, 5.74) is 0.889. The molecule has 5 heteroatoms. The van der Waals surface area contributed by atoms with E-state index in [4.69, 9.17) is 40.1 Å². The monoisotopic (exact) mass is 220 g/mol. The highest BCUT2D eigenvalue weighted by Crippen LogP contribution is 2.22. The third-order valence-electron chi connectivity index (χ3n) is 1.28. The molecule has 0 unspecified atom stereocenters. The molecule has 0 aliphatic heterocycles. The SMILES string of the molecule is N#Cc1c(CCl)cc(Cl)nc1Cl. The van der Waals surface area contributed by atoms with Crippen LogP contribution in [0.2, 0.25) is 10.3 Å². The molecule has 0 fully saturated rings. The van der Waals surface area contributed by atoms with E-state index in [0.717, 1.165) is 0 Å². The van der Waals surface area contributed by atoms with Crippen LogP contribution in [0.4, 0.5) is 0 Å². The number of nitriles is 1. The number of rotatable bonds is 1. The predicted octanol–water partition coefficient (Wildman–Crippen LogP) is 3.00. The van der Waals surface area contributed by atoms with Gasteiger partial charge in [-0.05, 0) is 11.6 Å². The van der Waals surface area contributed by atoms with Gasteiger partial charge < -0.3 is 0 Å². The van der Waals surface area contributed by atoms with Gasteiger partial charge in [-0.1, -0.05) is 23.2 Å². The van der Waals surface area contributed by atoms with Crippen LogP contribution in [-0.4, -0.2) is 4.98 Å². The molecule has 0 radical (unpaired) electrons. The van der Waals surface area contributed by atoms with Crippen LogP contribution in [-0.2, 0) is 5.88 Å². The Labute approximate surface area is 84.7 Å². The van der Waals surface area contributed by atoms with E-state index in [2.05, 4.69) is 4.98 Å². The number of hydrogen-bond donors (Lipinski definition) is 0. The van der Waals surface area contributed by atoms with Crippen molar-refractivity contribution in [3.63, 3.8) is 0 Å². The minimum Gasteiger partial charge on any atom is -0.223 e. The fourth-order valence-corrected chi connectivity index (χ4v) is 1.48. The first kappa shape index (κ1) is 9.60. The zero-order valence-electron chi connectivity index (χ0n) is 5.81. The van der Waals surface area contributed by atoms with Gasteiger partial charge in [0.05, 0.1) is 5.56 Å². The number of nitrogens with zero attached hydrogens (tertiary/aromatic N) is 2. The Morgan fingerprint density at radius 2 is 2.17 bits per heavy atom. The van der Waals surface area contributed by atoms with E-state index in [0.29, 0.717) is 5.56 Å². The maximum atomic E-state index is 8.65. The number of alkyl halides is 1. The maximum Gasteiger partial charge on any atom is 0.148 e. The molecule has 0 amide bonds. The topological polar surface area (TPSA) is 36.7 Å². The first-order valence-corrected chi connectivity index (χ1v) is 4.29. The number of pyridine rings is 1. The second-order valence-electron chi connectivity index (χ2n) is 2.02.